The predicted molar refractivity (Wildman–Crippen MR) is 110 cm³/mol. The van der Waals surface area contributed by atoms with Gasteiger partial charge in [0, 0.05) is 6.92 Å². The van der Waals surface area contributed by atoms with Gasteiger partial charge < -0.3 is 14.8 Å². The molecular formula is C23H27NO4. The summed E-state index contributed by atoms with van der Waals surface area (Å²) < 4.78 is 10.8. The van der Waals surface area contributed by atoms with Crippen LogP contribution in [0.15, 0.2) is 60.3 Å². The molecule has 2 rings (SSSR count). The molecule has 0 aliphatic heterocycles. The summed E-state index contributed by atoms with van der Waals surface area (Å²) in [5.41, 5.74) is 2.18. The Kier molecular flexibility index (Phi) is 7.38. The van der Waals surface area contributed by atoms with Crippen LogP contribution in [0.1, 0.15) is 38.8 Å². The topological polar surface area (TPSA) is 64.6 Å². The average Bonchev–Trinajstić information content (AvgIpc) is 2.64. The maximum absolute atomic E-state index is 12.3. The third-order valence-electron chi connectivity index (χ3n) is 3.95. The largest absolute Gasteiger partial charge is 0.490 e. The second-order valence-corrected chi connectivity index (χ2v) is 7.41. The molecule has 0 aliphatic rings. The quantitative estimate of drug-likeness (QED) is 0.446. The molecule has 0 saturated heterocycles. The summed E-state index contributed by atoms with van der Waals surface area (Å²) in [6, 6.07) is 17.1. The van der Waals surface area contributed by atoms with Crippen LogP contribution in [-0.2, 0) is 19.7 Å². The van der Waals surface area contributed by atoms with E-state index in [1.807, 2.05) is 54.6 Å². The summed E-state index contributed by atoms with van der Waals surface area (Å²) in [6.45, 7) is 8.09. The van der Waals surface area contributed by atoms with Crippen LogP contribution < -0.4 is 10.1 Å². The van der Waals surface area contributed by atoms with Crippen molar-refractivity contribution in [3.8, 4) is 5.75 Å². The summed E-state index contributed by atoms with van der Waals surface area (Å²) in [5, 5.41) is 2.51. The molecule has 0 atom stereocenters. The Hall–Kier alpha value is -3.08. The van der Waals surface area contributed by atoms with Gasteiger partial charge in [-0.05, 0) is 34.8 Å². The minimum Gasteiger partial charge on any atom is -0.490 e. The molecule has 148 valence electrons. The van der Waals surface area contributed by atoms with Crippen LogP contribution in [0, 0.1) is 0 Å². The lowest BCUT2D eigenvalue weighted by Crippen LogP contribution is -2.27. The monoisotopic (exact) mass is 381 g/mol. The van der Waals surface area contributed by atoms with Crippen LogP contribution in [0.2, 0.25) is 0 Å². The Morgan fingerprint density at radius 2 is 1.61 bits per heavy atom. The van der Waals surface area contributed by atoms with E-state index < -0.39 is 5.97 Å². The van der Waals surface area contributed by atoms with Gasteiger partial charge >= 0.3 is 5.97 Å². The minimum absolute atomic E-state index is 0.0750. The van der Waals surface area contributed by atoms with Crippen molar-refractivity contribution in [3.63, 3.8) is 0 Å². The molecule has 5 heteroatoms. The normalized spacial score (nSPS) is 11.6. The number of carbonyl (C=O) groups excluding carboxylic acids is 2. The van der Waals surface area contributed by atoms with Crippen LogP contribution in [0.3, 0.4) is 0 Å². The van der Waals surface area contributed by atoms with Crippen LogP contribution >= 0.6 is 0 Å². The first-order valence-electron chi connectivity index (χ1n) is 9.20. The predicted octanol–water partition coefficient (Wildman–Crippen LogP) is 4.08. The number of rotatable bonds is 7. The highest BCUT2D eigenvalue weighted by Gasteiger charge is 2.14. The van der Waals surface area contributed by atoms with E-state index in [-0.39, 0.29) is 30.2 Å². The summed E-state index contributed by atoms with van der Waals surface area (Å²) in [4.78, 5) is 23.7. The fourth-order valence-electron chi connectivity index (χ4n) is 2.47. The molecule has 0 fully saturated rings. The van der Waals surface area contributed by atoms with Crippen LogP contribution in [-0.4, -0.2) is 25.1 Å². The zero-order valence-electron chi connectivity index (χ0n) is 16.8. The summed E-state index contributed by atoms with van der Waals surface area (Å²) >= 11 is 0. The average molecular weight is 381 g/mol. The third-order valence-corrected chi connectivity index (χ3v) is 3.95. The lowest BCUT2D eigenvalue weighted by Gasteiger charge is -2.19. The molecular weight excluding hydrogens is 354 g/mol. The van der Waals surface area contributed by atoms with Crippen molar-refractivity contribution in [1.82, 2.24) is 5.32 Å². The van der Waals surface area contributed by atoms with Crippen molar-refractivity contribution in [3.05, 3.63) is 71.4 Å². The number of esters is 1. The van der Waals surface area contributed by atoms with E-state index >= 15 is 0 Å². The molecule has 0 heterocycles. The Morgan fingerprint density at radius 3 is 2.18 bits per heavy atom. The Bertz CT molecular complexity index is 818. The maximum Gasteiger partial charge on any atom is 0.354 e. The van der Waals surface area contributed by atoms with E-state index in [4.69, 9.17) is 9.47 Å². The van der Waals surface area contributed by atoms with Gasteiger partial charge in [0.15, 0.2) is 0 Å². The van der Waals surface area contributed by atoms with E-state index in [9.17, 15) is 9.59 Å². The number of benzene rings is 2. The van der Waals surface area contributed by atoms with E-state index in [1.54, 1.807) is 6.08 Å². The standard InChI is InChI=1S/C23H27NO4/c1-17(25)24-21(16-18-8-6-5-7-9-18)22(26)28-15-14-27-20-12-10-19(11-13-20)23(2,3)4/h5-13,16H,14-15H2,1-4H3,(H,24,25)/b21-16-. The molecule has 2 aromatic carbocycles. The summed E-state index contributed by atoms with van der Waals surface area (Å²) in [7, 11) is 0. The third kappa shape index (κ3) is 6.91. The fourth-order valence-corrected chi connectivity index (χ4v) is 2.47. The molecule has 0 radical (unpaired) electrons. The Morgan fingerprint density at radius 1 is 0.964 bits per heavy atom. The molecule has 2 aromatic rings. The Labute approximate surface area is 166 Å². The lowest BCUT2D eigenvalue weighted by atomic mass is 9.87. The molecule has 0 unspecified atom stereocenters. The molecule has 0 spiro atoms. The molecule has 28 heavy (non-hydrogen) atoms. The van der Waals surface area contributed by atoms with Gasteiger partial charge in [-0.25, -0.2) is 4.79 Å². The van der Waals surface area contributed by atoms with Crippen LogP contribution in [0.5, 0.6) is 5.75 Å². The van der Waals surface area contributed by atoms with E-state index in [1.165, 1.54) is 12.5 Å². The molecule has 1 amide bonds. The number of hydrogen-bond acceptors (Lipinski definition) is 4. The van der Waals surface area contributed by atoms with Crippen molar-refractivity contribution in [1.29, 1.82) is 0 Å². The molecule has 1 N–H and O–H groups in total. The molecule has 0 saturated carbocycles. The van der Waals surface area contributed by atoms with Crippen molar-refractivity contribution >= 4 is 18.0 Å². The molecule has 5 nitrogen and oxygen atoms in total. The first-order chi connectivity index (χ1) is 13.3. The van der Waals surface area contributed by atoms with Gasteiger partial charge in [-0.1, -0.05) is 63.2 Å². The number of hydrogen-bond donors (Lipinski definition) is 1. The zero-order valence-corrected chi connectivity index (χ0v) is 16.8. The van der Waals surface area contributed by atoms with Crippen molar-refractivity contribution in [2.24, 2.45) is 0 Å². The summed E-state index contributed by atoms with van der Waals surface area (Å²) in [5.74, 6) is -0.231. The minimum atomic E-state index is -0.606. The number of amides is 1. The van der Waals surface area contributed by atoms with E-state index in [2.05, 4.69) is 26.1 Å². The van der Waals surface area contributed by atoms with Gasteiger partial charge in [-0.15, -0.1) is 0 Å². The molecule has 0 aromatic heterocycles. The number of ether oxygens (including phenoxy) is 2. The van der Waals surface area contributed by atoms with E-state index in [0.717, 1.165) is 5.56 Å². The van der Waals surface area contributed by atoms with Crippen LogP contribution in [0.25, 0.3) is 6.08 Å². The Balaban J connectivity index is 1.88. The maximum atomic E-state index is 12.3. The molecule has 0 aliphatic carbocycles. The second-order valence-electron chi connectivity index (χ2n) is 7.41. The SMILES string of the molecule is CC(=O)N/C(=C\c1ccccc1)C(=O)OCCOc1ccc(C(C)(C)C)cc1. The first-order valence-corrected chi connectivity index (χ1v) is 9.20. The second kappa shape index (κ2) is 9.74. The van der Waals surface area contributed by atoms with Crippen molar-refractivity contribution in [2.45, 2.75) is 33.1 Å². The van der Waals surface area contributed by atoms with Gasteiger partial charge in [0.2, 0.25) is 5.91 Å². The van der Waals surface area contributed by atoms with Crippen molar-refractivity contribution < 1.29 is 19.1 Å². The summed E-state index contributed by atoms with van der Waals surface area (Å²) in [6.07, 6.45) is 1.58. The van der Waals surface area contributed by atoms with Crippen LogP contribution in [0.4, 0.5) is 0 Å². The van der Waals surface area contributed by atoms with Crippen molar-refractivity contribution in [2.75, 3.05) is 13.2 Å². The van der Waals surface area contributed by atoms with E-state index in [0.29, 0.717) is 5.75 Å². The number of nitrogens with one attached hydrogen (secondary N) is 1. The highest BCUT2D eigenvalue weighted by Crippen LogP contribution is 2.24. The van der Waals surface area contributed by atoms with Gasteiger partial charge in [0.05, 0.1) is 0 Å². The lowest BCUT2D eigenvalue weighted by molar-refractivity contribution is -0.141. The van der Waals surface area contributed by atoms with Gasteiger partial charge in [-0.2, -0.15) is 0 Å². The van der Waals surface area contributed by atoms with Gasteiger partial charge in [-0.3, -0.25) is 4.79 Å². The first kappa shape index (κ1) is 21.2. The molecule has 0 bridgehead atoms. The van der Waals surface area contributed by atoms with Gasteiger partial charge in [0.1, 0.15) is 24.7 Å². The highest BCUT2D eigenvalue weighted by atomic mass is 16.6. The zero-order chi connectivity index (χ0) is 20.6. The highest BCUT2D eigenvalue weighted by molar-refractivity contribution is 5.97. The number of carbonyl (C=O) groups is 2. The van der Waals surface area contributed by atoms with Gasteiger partial charge in [0.25, 0.3) is 0 Å². The fraction of sp³-hybridized carbons (Fsp3) is 0.304. The smallest absolute Gasteiger partial charge is 0.354 e.